The summed E-state index contributed by atoms with van der Waals surface area (Å²) in [7, 11) is 2.81. The Morgan fingerprint density at radius 2 is 2.31 bits per heavy atom. The summed E-state index contributed by atoms with van der Waals surface area (Å²) in [4.78, 5) is 11.0. The Labute approximate surface area is 76.6 Å². The third kappa shape index (κ3) is 2.40. The number of carbonyl (C=O) groups is 1. The van der Waals surface area contributed by atoms with E-state index in [4.69, 9.17) is 9.47 Å². The predicted molar refractivity (Wildman–Crippen MR) is 43.2 cm³/mol. The molecule has 1 fully saturated rings. The van der Waals surface area contributed by atoms with Gasteiger partial charge < -0.3 is 19.3 Å². The average molecular weight is 190 g/mol. The highest BCUT2D eigenvalue weighted by atomic mass is 16.6. The van der Waals surface area contributed by atoms with Crippen LogP contribution in [0.15, 0.2) is 0 Å². The van der Waals surface area contributed by atoms with Gasteiger partial charge in [0.25, 0.3) is 0 Å². The van der Waals surface area contributed by atoms with E-state index >= 15 is 0 Å². The lowest BCUT2D eigenvalue weighted by Crippen LogP contribution is -2.26. The zero-order valence-electron chi connectivity index (χ0n) is 7.73. The molecule has 3 unspecified atom stereocenters. The maximum absolute atomic E-state index is 11.0. The second-order valence-electron chi connectivity index (χ2n) is 2.94. The number of carbonyl (C=O) groups excluding carboxylic acids is 1. The van der Waals surface area contributed by atoms with Gasteiger partial charge >= 0.3 is 5.97 Å². The van der Waals surface area contributed by atoms with Crippen molar-refractivity contribution in [3.8, 4) is 0 Å². The molecule has 1 saturated heterocycles. The minimum Gasteiger partial charge on any atom is -0.467 e. The molecule has 1 N–H and O–H groups in total. The zero-order valence-corrected chi connectivity index (χ0v) is 7.73. The molecule has 76 valence electrons. The fourth-order valence-electron chi connectivity index (χ4n) is 1.33. The van der Waals surface area contributed by atoms with Crippen LogP contribution >= 0.6 is 0 Å². The van der Waals surface area contributed by atoms with Crippen LogP contribution in [-0.2, 0) is 19.0 Å². The first kappa shape index (κ1) is 10.4. The summed E-state index contributed by atoms with van der Waals surface area (Å²) in [6.45, 7) is 0.286. The second-order valence-corrected chi connectivity index (χ2v) is 2.94. The van der Waals surface area contributed by atoms with Crippen LogP contribution in [0.2, 0.25) is 0 Å². The lowest BCUT2D eigenvalue weighted by molar-refractivity contribution is -0.154. The highest BCUT2D eigenvalue weighted by Crippen LogP contribution is 2.21. The van der Waals surface area contributed by atoms with Gasteiger partial charge in [-0.2, -0.15) is 0 Å². The minimum absolute atomic E-state index is 0.278. The van der Waals surface area contributed by atoms with Crippen LogP contribution in [0.3, 0.4) is 0 Å². The molecule has 0 bridgehead atoms. The first-order valence-electron chi connectivity index (χ1n) is 4.09. The highest BCUT2D eigenvalue weighted by Gasteiger charge is 2.38. The maximum atomic E-state index is 11.0. The molecule has 0 spiro atoms. The van der Waals surface area contributed by atoms with Gasteiger partial charge in [0, 0.05) is 13.5 Å². The molecule has 0 amide bonds. The van der Waals surface area contributed by atoms with Crippen LogP contribution in [0.25, 0.3) is 0 Å². The van der Waals surface area contributed by atoms with Crippen LogP contribution in [0.1, 0.15) is 6.42 Å². The molecular weight excluding hydrogens is 176 g/mol. The van der Waals surface area contributed by atoms with Gasteiger partial charge in [-0.15, -0.1) is 0 Å². The third-order valence-corrected chi connectivity index (χ3v) is 2.02. The largest absolute Gasteiger partial charge is 0.467 e. The van der Waals surface area contributed by atoms with Gasteiger partial charge in [0.15, 0.2) is 6.10 Å². The van der Waals surface area contributed by atoms with E-state index in [-0.39, 0.29) is 13.0 Å². The van der Waals surface area contributed by atoms with E-state index in [9.17, 15) is 9.90 Å². The number of methoxy groups -OCH3 is 2. The fraction of sp³-hybridized carbons (Fsp3) is 0.875. The van der Waals surface area contributed by atoms with Gasteiger partial charge in [0.2, 0.25) is 0 Å². The monoisotopic (exact) mass is 190 g/mol. The van der Waals surface area contributed by atoms with Crippen molar-refractivity contribution in [3.63, 3.8) is 0 Å². The number of rotatable bonds is 3. The Kier molecular flexibility index (Phi) is 3.65. The van der Waals surface area contributed by atoms with E-state index in [2.05, 4.69) is 4.74 Å². The fourth-order valence-corrected chi connectivity index (χ4v) is 1.33. The van der Waals surface area contributed by atoms with E-state index in [1.54, 1.807) is 0 Å². The SMILES string of the molecule is COCC1OC(C(=O)OC)CC1O. The van der Waals surface area contributed by atoms with Crippen LogP contribution in [0, 0.1) is 0 Å². The van der Waals surface area contributed by atoms with Crippen LogP contribution in [0.4, 0.5) is 0 Å². The summed E-state index contributed by atoms with van der Waals surface area (Å²) >= 11 is 0. The number of hydrogen-bond donors (Lipinski definition) is 1. The first-order valence-corrected chi connectivity index (χ1v) is 4.09. The van der Waals surface area contributed by atoms with Crippen LogP contribution in [-0.4, -0.2) is 50.2 Å². The zero-order chi connectivity index (χ0) is 9.84. The Morgan fingerprint density at radius 1 is 1.62 bits per heavy atom. The average Bonchev–Trinajstić information content (AvgIpc) is 2.47. The second kappa shape index (κ2) is 4.55. The van der Waals surface area contributed by atoms with Crippen molar-refractivity contribution in [1.29, 1.82) is 0 Å². The van der Waals surface area contributed by atoms with Gasteiger partial charge in [-0.1, -0.05) is 0 Å². The van der Waals surface area contributed by atoms with Crippen molar-refractivity contribution in [2.45, 2.75) is 24.7 Å². The summed E-state index contributed by atoms with van der Waals surface area (Å²) in [6, 6.07) is 0. The molecule has 1 rings (SSSR count). The van der Waals surface area contributed by atoms with E-state index in [0.717, 1.165) is 0 Å². The molecule has 1 heterocycles. The van der Waals surface area contributed by atoms with Gasteiger partial charge in [-0.25, -0.2) is 4.79 Å². The Hall–Kier alpha value is -0.650. The molecule has 0 saturated carbocycles. The van der Waals surface area contributed by atoms with Crippen molar-refractivity contribution in [1.82, 2.24) is 0 Å². The lowest BCUT2D eigenvalue weighted by atomic mass is 10.1. The number of ether oxygens (including phenoxy) is 3. The quantitative estimate of drug-likeness (QED) is 0.597. The van der Waals surface area contributed by atoms with Crippen molar-refractivity contribution in [2.24, 2.45) is 0 Å². The van der Waals surface area contributed by atoms with Gasteiger partial charge in [0.1, 0.15) is 6.10 Å². The smallest absolute Gasteiger partial charge is 0.335 e. The molecule has 1 aliphatic rings. The molecule has 5 nitrogen and oxygen atoms in total. The number of esters is 1. The van der Waals surface area contributed by atoms with Crippen molar-refractivity contribution in [2.75, 3.05) is 20.8 Å². The Balaban J connectivity index is 2.44. The van der Waals surface area contributed by atoms with E-state index < -0.39 is 24.3 Å². The molecule has 5 heteroatoms. The van der Waals surface area contributed by atoms with Crippen LogP contribution < -0.4 is 0 Å². The molecule has 0 aromatic rings. The van der Waals surface area contributed by atoms with Gasteiger partial charge in [-0.05, 0) is 0 Å². The summed E-state index contributed by atoms with van der Waals surface area (Å²) in [5, 5.41) is 9.42. The van der Waals surface area contributed by atoms with Crippen molar-refractivity contribution < 1.29 is 24.1 Å². The molecule has 1 aliphatic heterocycles. The van der Waals surface area contributed by atoms with Gasteiger partial charge in [0.05, 0.1) is 19.8 Å². The van der Waals surface area contributed by atoms with E-state index in [1.165, 1.54) is 14.2 Å². The highest BCUT2D eigenvalue weighted by molar-refractivity contribution is 5.74. The molecule has 0 radical (unpaired) electrons. The Morgan fingerprint density at radius 3 is 2.85 bits per heavy atom. The maximum Gasteiger partial charge on any atom is 0.335 e. The Bertz CT molecular complexity index is 181. The first-order chi connectivity index (χ1) is 6.19. The van der Waals surface area contributed by atoms with E-state index in [1.807, 2.05) is 0 Å². The summed E-state index contributed by atoms with van der Waals surface area (Å²) in [5.41, 5.74) is 0. The van der Waals surface area contributed by atoms with Gasteiger partial charge in [-0.3, -0.25) is 0 Å². The number of aliphatic hydroxyl groups is 1. The summed E-state index contributed by atoms with van der Waals surface area (Å²) in [5.74, 6) is -0.447. The third-order valence-electron chi connectivity index (χ3n) is 2.02. The lowest BCUT2D eigenvalue weighted by Gasteiger charge is -2.12. The molecule has 0 aromatic carbocycles. The number of aliphatic hydroxyl groups excluding tert-OH is 1. The van der Waals surface area contributed by atoms with Crippen LogP contribution in [0.5, 0.6) is 0 Å². The molecule has 0 aromatic heterocycles. The topological polar surface area (TPSA) is 65.0 Å². The van der Waals surface area contributed by atoms with E-state index in [0.29, 0.717) is 0 Å². The summed E-state index contributed by atoms with van der Waals surface area (Å²) < 4.78 is 14.5. The minimum atomic E-state index is -0.653. The van der Waals surface area contributed by atoms with Crippen molar-refractivity contribution in [3.05, 3.63) is 0 Å². The standard InChI is InChI=1S/C8H14O5/c1-11-4-7-5(9)3-6(13-7)8(10)12-2/h5-7,9H,3-4H2,1-2H3. The molecule has 13 heavy (non-hydrogen) atoms. The molecule has 3 atom stereocenters. The normalized spacial score (nSPS) is 33.3. The predicted octanol–water partition coefficient (Wildman–Crippen LogP) is -0.676. The van der Waals surface area contributed by atoms with Crippen molar-refractivity contribution >= 4 is 5.97 Å². The molecular formula is C8H14O5. The number of hydrogen-bond acceptors (Lipinski definition) is 5. The molecule has 0 aliphatic carbocycles. The summed E-state index contributed by atoms with van der Waals surface area (Å²) in [6.07, 6.45) is -1.45.